The summed E-state index contributed by atoms with van der Waals surface area (Å²) in [6.45, 7) is 2.01. The first kappa shape index (κ1) is 18.1. The van der Waals surface area contributed by atoms with Crippen LogP contribution < -0.4 is 4.90 Å². The lowest BCUT2D eigenvalue weighted by molar-refractivity contribution is 0.369. The Hall–Kier alpha value is -1.99. The summed E-state index contributed by atoms with van der Waals surface area (Å²) in [4.78, 5) is 2.29. The van der Waals surface area contributed by atoms with Gasteiger partial charge in [-0.15, -0.1) is 10.2 Å². The van der Waals surface area contributed by atoms with Crippen LogP contribution in [-0.4, -0.2) is 33.0 Å². The molecule has 2 aliphatic rings. The molecule has 3 aromatic rings. The van der Waals surface area contributed by atoms with Gasteiger partial charge in [-0.2, -0.15) is 0 Å². The zero-order valence-electron chi connectivity index (χ0n) is 15.6. The van der Waals surface area contributed by atoms with E-state index >= 15 is 0 Å². The predicted octanol–water partition coefficient (Wildman–Crippen LogP) is 4.68. The molecule has 0 saturated carbocycles. The summed E-state index contributed by atoms with van der Waals surface area (Å²) in [5.41, 5.74) is 3.25. The highest BCUT2D eigenvalue weighted by Crippen LogP contribution is 2.34. The maximum absolute atomic E-state index is 6.53. The molecular weight excluding hydrogens is 394 g/mol. The smallest absolute Gasteiger partial charge is 0.232 e. The van der Waals surface area contributed by atoms with Crippen LogP contribution in [0.25, 0.3) is 5.69 Å². The molecule has 1 aliphatic carbocycles. The number of hydrogen-bond acceptors (Lipinski definition) is 6. The van der Waals surface area contributed by atoms with Gasteiger partial charge in [-0.05, 0) is 44.2 Å². The van der Waals surface area contributed by atoms with Crippen molar-refractivity contribution in [2.75, 3.05) is 18.0 Å². The van der Waals surface area contributed by atoms with Gasteiger partial charge in [0.2, 0.25) is 5.95 Å². The molecule has 1 aromatic carbocycles. The lowest BCUT2D eigenvalue weighted by Crippen LogP contribution is -2.22. The maximum atomic E-state index is 6.53. The molecule has 2 aromatic heterocycles. The second-order valence-electron chi connectivity index (χ2n) is 7.29. The van der Waals surface area contributed by atoms with Gasteiger partial charge in [-0.3, -0.25) is 4.57 Å². The quantitative estimate of drug-likeness (QED) is 0.564. The van der Waals surface area contributed by atoms with Crippen LogP contribution in [0.4, 0.5) is 5.95 Å². The molecule has 0 radical (unpaired) electrons. The molecule has 28 heavy (non-hydrogen) atoms. The largest absolute Gasteiger partial charge is 0.361 e. The normalized spacial score (nSPS) is 16.5. The van der Waals surface area contributed by atoms with Gasteiger partial charge in [0.25, 0.3) is 0 Å². The van der Waals surface area contributed by atoms with Crippen LogP contribution in [0.1, 0.15) is 42.7 Å². The molecule has 1 saturated heterocycles. The van der Waals surface area contributed by atoms with E-state index in [2.05, 4.69) is 24.8 Å². The van der Waals surface area contributed by atoms with Crippen molar-refractivity contribution in [2.45, 2.75) is 49.4 Å². The molecule has 0 atom stereocenters. The first-order valence-electron chi connectivity index (χ1n) is 9.85. The van der Waals surface area contributed by atoms with Gasteiger partial charge in [0, 0.05) is 30.8 Å². The second kappa shape index (κ2) is 7.79. The first-order valence-corrected chi connectivity index (χ1v) is 11.2. The Morgan fingerprint density at radius 2 is 1.86 bits per heavy atom. The number of nitrogens with zero attached hydrogens (tertiary/aromatic N) is 5. The molecule has 5 rings (SSSR count). The first-order chi connectivity index (χ1) is 13.8. The highest BCUT2D eigenvalue weighted by atomic mass is 35.5. The molecule has 146 valence electrons. The van der Waals surface area contributed by atoms with Crippen molar-refractivity contribution < 1.29 is 4.52 Å². The minimum atomic E-state index is 0.698. The van der Waals surface area contributed by atoms with Gasteiger partial charge in [0.05, 0.1) is 16.4 Å². The zero-order chi connectivity index (χ0) is 18.9. The summed E-state index contributed by atoms with van der Waals surface area (Å²) in [5, 5.41) is 14.9. The average Bonchev–Trinajstić information content (AvgIpc) is 3.46. The molecule has 0 amide bonds. The highest BCUT2D eigenvalue weighted by Gasteiger charge is 2.25. The summed E-state index contributed by atoms with van der Waals surface area (Å²) in [5.74, 6) is 2.66. The second-order valence-corrected chi connectivity index (χ2v) is 8.64. The number of aryl methyl sites for hydroxylation is 1. The Balaban J connectivity index is 1.47. The number of aromatic nitrogens is 4. The zero-order valence-corrected chi connectivity index (χ0v) is 17.2. The molecule has 8 heteroatoms. The average molecular weight is 416 g/mol. The Morgan fingerprint density at radius 1 is 1.04 bits per heavy atom. The minimum Gasteiger partial charge on any atom is -0.361 e. The van der Waals surface area contributed by atoms with Crippen molar-refractivity contribution >= 4 is 29.3 Å². The van der Waals surface area contributed by atoms with Crippen LogP contribution >= 0.6 is 23.4 Å². The predicted molar refractivity (Wildman–Crippen MR) is 111 cm³/mol. The van der Waals surface area contributed by atoms with E-state index in [-0.39, 0.29) is 0 Å². The molecule has 1 fully saturated rings. The van der Waals surface area contributed by atoms with E-state index in [1.54, 1.807) is 11.8 Å². The van der Waals surface area contributed by atoms with Gasteiger partial charge in [0.15, 0.2) is 5.16 Å². The van der Waals surface area contributed by atoms with Crippen molar-refractivity contribution in [2.24, 2.45) is 0 Å². The highest BCUT2D eigenvalue weighted by molar-refractivity contribution is 7.98. The molecule has 6 nitrogen and oxygen atoms in total. The van der Waals surface area contributed by atoms with Crippen molar-refractivity contribution in [3.05, 3.63) is 46.3 Å². The van der Waals surface area contributed by atoms with Crippen molar-refractivity contribution in [1.29, 1.82) is 0 Å². The lowest BCUT2D eigenvalue weighted by Gasteiger charge is -2.19. The number of rotatable bonds is 5. The maximum Gasteiger partial charge on any atom is 0.232 e. The van der Waals surface area contributed by atoms with Gasteiger partial charge in [0.1, 0.15) is 5.76 Å². The third-order valence-electron chi connectivity index (χ3n) is 5.47. The lowest BCUT2D eigenvalue weighted by atomic mass is 9.97. The number of fused-ring (bicyclic) bond motifs is 1. The van der Waals surface area contributed by atoms with Gasteiger partial charge in [-0.1, -0.05) is 40.7 Å². The van der Waals surface area contributed by atoms with Crippen LogP contribution in [0, 0.1) is 0 Å². The van der Waals surface area contributed by atoms with Gasteiger partial charge in [-0.25, -0.2) is 0 Å². The fourth-order valence-electron chi connectivity index (χ4n) is 4.02. The molecule has 0 N–H and O–H groups in total. The Morgan fingerprint density at radius 3 is 2.71 bits per heavy atom. The van der Waals surface area contributed by atoms with E-state index in [0.717, 1.165) is 59.9 Å². The molecule has 0 unspecified atom stereocenters. The summed E-state index contributed by atoms with van der Waals surface area (Å²) < 4.78 is 7.65. The monoisotopic (exact) mass is 415 g/mol. The molecule has 0 spiro atoms. The summed E-state index contributed by atoms with van der Waals surface area (Å²) >= 11 is 8.17. The summed E-state index contributed by atoms with van der Waals surface area (Å²) in [7, 11) is 0. The van der Waals surface area contributed by atoms with Crippen LogP contribution in [0.2, 0.25) is 5.02 Å². The van der Waals surface area contributed by atoms with Gasteiger partial charge < -0.3 is 9.42 Å². The van der Waals surface area contributed by atoms with E-state index in [0.29, 0.717) is 5.02 Å². The molecule has 1 aliphatic heterocycles. The van der Waals surface area contributed by atoms with Gasteiger partial charge >= 0.3 is 0 Å². The number of benzene rings is 1. The van der Waals surface area contributed by atoms with E-state index in [1.165, 1.54) is 31.2 Å². The number of anilines is 1. The third-order valence-corrected chi connectivity index (χ3v) is 6.73. The number of hydrogen-bond donors (Lipinski definition) is 0. The fraction of sp³-hybridized carbons (Fsp3) is 0.450. The van der Waals surface area contributed by atoms with Crippen LogP contribution in [0.15, 0.2) is 33.9 Å². The summed E-state index contributed by atoms with van der Waals surface area (Å²) in [6, 6.07) is 7.87. The van der Waals surface area contributed by atoms with Crippen molar-refractivity contribution in [3.8, 4) is 5.69 Å². The number of halogens is 1. The van der Waals surface area contributed by atoms with E-state index in [4.69, 9.17) is 16.1 Å². The standard InChI is InChI=1S/C20H22ClN5OS/c21-15-8-2-3-9-17(15)26-19(25-11-5-6-12-25)22-23-20(26)28-13-16-14-7-1-4-10-18(14)27-24-16/h2-3,8-9H,1,4-7,10-13H2. The summed E-state index contributed by atoms with van der Waals surface area (Å²) in [6.07, 6.45) is 6.83. The molecular formula is C20H22ClN5OS. The van der Waals surface area contributed by atoms with Crippen LogP contribution in [-0.2, 0) is 18.6 Å². The van der Waals surface area contributed by atoms with Crippen LogP contribution in [0.5, 0.6) is 0 Å². The van der Waals surface area contributed by atoms with Crippen molar-refractivity contribution in [1.82, 2.24) is 19.9 Å². The topological polar surface area (TPSA) is 60.0 Å². The van der Waals surface area contributed by atoms with E-state index in [9.17, 15) is 0 Å². The SMILES string of the molecule is Clc1ccccc1-n1c(SCc2noc3c2CCCC3)nnc1N1CCCC1. The molecule has 0 bridgehead atoms. The third kappa shape index (κ3) is 3.31. The van der Waals surface area contributed by atoms with Crippen LogP contribution in [0.3, 0.4) is 0 Å². The Labute approximate surface area is 173 Å². The fourth-order valence-corrected chi connectivity index (χ4v) is 5.14. The van der Waals surface area contributed by atoms with Crippen molar-refractivity contribution in [3.63, 3.8) is 0 Å². The molecule has 3 heterocycles. The Bertz CT molecular complexity index is 979. The van der Waals surface area contributed by atoms with E-state index < -0.39 is 0 Å². The number of para-hydroxylation sites is 1. The number of thioether (sulfide) groups is 1. The Kier molecular flexibility index (Phi) is 5.03. The minimum absolute atomic E-state index is 0.698. The van der Waals surface area contributed by atoms with E-state index in [1.807, 2.05) is 24.3 Å².